The molecule has 0 fully saturated rings. The number of aromatic nitrogens is 1. The summed E-state index contributed by atoms with van der Waals surface area (Å²) in [6, 6.07) is 7.22. The highest BCUT2D eigenvalue weighted by Crippen LogP contribution is 2.27. The number of thiophene rings is 1. The zero-order chi connectivity index (χ0) is 15.5. The van der Waals surface area contributed by atoms with Crippen molar-refractivity contribution in [1.82, 2.24) is 9.29 Å². The molecule has 0 spiro atoms. The molecule has 0 unspecified atom stereocenters. The van der Waals surface area contributed by atoms with Gasteiger partial charge in [-0.3, -0.25) is 4.98 Å². The van der Waals surface area contributed by atoms with Gasteiger partial charge in [-0.2, -0.15) is 4.31 Å². The third-order valence-corrected chi connectivity index (χ3v) is 6.56. The summed E-state index contributed by atoms with van der Waals surface area (Å²) < 4.78 is 26.9. The number of hydrogen-bond donors (Lipinski definition) is 0. The number of rotatable bonds is 6. The SMILES string of the molecule is CCN(Cc1cccc(C)n1)S(=O)(=O)c1ccsc1CCl. The first-order valence-electron chi connectivity index (χ1n) is 6.54. The molecule has 0 saturated carbocycles. The quantitative estimate of drug-likeness (QED) is 0.754. The van der Waals surface area contributed by atoms with Gasteiger partial charge in [0.05, 0.1) is 23.0 Å². The standard InChI is InChI=1S/C14H17ClN2O2S2/c1-3-17(10-12-6-4-5-11(2)16-12)21(18,19)14-7-8-20-13(14)9-15/h4-8H,3,9-10H2,1-2H3. The fourth-order valence-corrected chi connectivity index (χ4v) is 5.12. The zero-order valence-corrected chi connectivity index (χ0v) is 14.3. The minimum absolute atomic E-state index is 0.201. The summed E-state index contributed by atoms with van der Waals surface area (Å²) in [5.41, 5.74) is 1.61. The normalized spacial score (nSPS) is 12.0. The van der Waals surface area contributed by atoms with Crippen molar-refractivity contribution >= 4 is 33.0 Å². The van der Waals surface area contributed by atoms with Crippen LogP contribution in [0.4, 0.5) is 0 Å². The Bertz CT molecular complexity index is 713. The van der Waals surface area contributed by atoms with E-state index < -0.39 is 10.0 Å². The summed E-state index contributed by atoms with van der Waals surface area (Å²) in [4.78, 5) is 5.35. The lowest BCUT2D eigenvalue weighted by Gasteiger charge is -2.20. The fourth-order valence-electron chi connectivity index (χ4n) is 2.03. The highest BCUT2D eigenvalue weighted by atomic mass is 35.5. The van der Waals surface area contributed by atoms with E-state index in [4.69, 9.17) is 11.6 Å². The van der Waals surface area contributed by atoms with Crippen LogP contribution in [-0.2, 0) is 22.4 Å². The van der Waals surface area contributed by atoms with Crippen LogP contribution in [0.5, 0.6) is 0 Å². The van der Waals surface area contributed by atoms with E-state index in [-0.39, 0.29) is 12.4 Å². The topological polar surface area (TPSA) is 50.3 Å². The molecule has 2 aromatic heterocycles. The molecule has 0 aliphatic rings. The molecule has 0 aromatic carbocycles. The van der Waals surface area contributed by atoms with Crippen molar-refractivity contribution in [2.75, 3.05) is 6.54 Å². The van der Waals surface area contributed by atoms with Crippen molar-refractivity contribution in [2.24, 2.45) is 0 Å². The van der Waals surface area contributed by atoms with Gasteiger partial charge in [0, 0.05) is 17.1 Å². The lowest BCUT2D eigenvalue weighted by molar-refractivity contribution is 0.418. The predicted octanol–water partition coefficient (Wildman–Crippen LogP) is 3.40. The predicted molar refractivity (Wildman–Crippen MR) is 86.1 cm³/mol. The van der Waals surface area contributed by atoms with Crippen molar-refractivity contribution < 1.29 is 8.42 Å². The molecule has 0 radical (unpaired) electrons. The van der Waals surface area contributed by atoms with Gasteiger partial charge in [0.25, 0.3) is 0 Å². The number of halogens is 1. The summed E-state index contributed by atoms with van der Waals surface area (Å²) in [5, 5.41) is 1.75. The molecule has 7 heteroatoms. The van der Waals surface area contributed by atoms with Gasteiger partial charge in [0.2, 0.25) is 10.0 Å². The Kier molecular flexibility index (Phi) is 5.37. The minimum atomic E-state index is -3.54. The summed E-state index contributed by atoms with van der Waals surface area (Å²) in [7, 11) is -3.54. The van der Waals surface area contributed by atoms with Crippen molar-refractivity contribution in [2.45, 2.75) is 31.2 Å². The number of alkyl halides is 1. The zero-order valence-electron chi connectivity index (χ0n) is 11.9. The van der Waals surface area contributed by atoms with E-state index >= 15 is 0 Å². The van der Waals surface area contributed by atoms with Crippen LogP contribution < -0.4 is 0 Å². The van der Waals surface area contributed by atoms with E-state index in [0.29, 0.717) is 16.3 Å². The molecular weight excluding hydrogens is 328 g/mol. The maximum absolute atomic E-state index is 12.7. The van der Waals surface area contributed by atoms with Crippen molar-refractivity contribution in [3.63, 3.8) is 0 Å². The Balaban J connectivity index is 2.32. The van der Waals surface area contributed by atoms with Crippen LogP contribution in [0.1, 0.15) is 23.2 Å². The fraction of sp³-hybridized carbons (Fsp3) is 0.357. The third-order valence-electron chi connectivity index (χ3n) is 3.08. The van der Waals surface area contributed by atoms with Gasteiger partial charge in [-0.25, -0.2) is 8.42 Å². The van der Waals surface area contributed by atoms with Gasteiger partial charge in [0.15, 0.2) is 0 Å². The van der Waals surface area contributed by atoms with Crippen molar-refractivity contribution in [3.05, 3.63) is 45.9 Å². The maximum atomic E-state index is 12.7. The molecule has 2 rings (SSSR count). The molecule has 0 N–H and O–H groups in total. The van der Waals surface area contributed by atoms with Gasteiger partial charge in [-0.1, -0.05) is 13.0 Å². The minimum Gasteiger partial charge on any atom is -0.257 e. The van der Waals surface area contributed by atoms with Gasteiger partial charge >= 0.3 is 0 Å². The Labute approximate surface area is 134 Å². The van der Waals surface area contributed by atoms with Crippen LogP contribution in [0.3, 0.4) is 0 Å². The van der Waals surface area contributed by atoms with E-state index in [9.17, 15) is 8.42 Å². The average molecular weight is 345 g/mol. The largest absolute Gasteiger partial charge is 0.257 e. The lowest BCUT2D eigenvalue weighted by Crippen LogP contribution is -2.31. The number of nitrogens with zero attached hydrogens (tertiary/aromatic N) is 2. The summed E-state index contributed by atoms with van der Waals surface area (Å²) in [6.45, 7) is 4.35. The average Bonchev–Trinajstić information content (AvgIpc) is 2.94. The van der Waals surface area contributed by atoms with Gasteiger partial charge in [0.1, 0.15) is 0 Å². The van der Waals surface area contributed by atoms with Crippen LogP contribution in [-0.4, -0.2) is 24.3 Å². The molecule has 4 nitrogen and oxygen atoms in total. The highest BCUT2D eigenvalue weighted by molar-refractivity contribution is 7.89. The second-order valence-corrected chi connectivity index (χ2v) is 7.72. The molecular formula is C14H17ClN2O2S2. The van der Waals surface area contributed by atoms with Crippen LogP contribution >= 0.6 is 22.9 Å². The van der Waals surface area contributed by atoms with Gasteiger partial charge < -0.3 is 0 Å². The van der Waals surface area contributed by atoms with Crippen LogP contribution in [0.25, 0.3) is 0 Å². The second-order valence-electron chi connectivity index (χ2n) is 4.54. The summed E-state index contributed by atoms with van der Waals surface area (Å²) >= 11 is 7.18. The molecule has 0 aliphatic heterocycles. The molecule has 0 aliphatic carbocycles. The monoisotopic (exact) mass is 344 g/mol. The number of sulfonamides is 1. The Morgan fingerprint density at radius 3 is 2.71 bits per heavy atom. The highest BCUT2D eigenvalue weighted by Gasteiger charge is 2.26. The van der Waals surface area contributed by atoms with Gasteiger partial charge in [-0.05, 0) is 30.5 Å². The first kappa shape index (κ1) is 16.4. The third kappa shape index (κ3) is 3.63. The molecule has 114 valence electrons. The lowest BCUT2D eigenvalue weighted by atomic mass is 10.3. The van der Waals surface area contributed by atoms with E-state index in [2.05, 4.69) is 4.98 Å². The molecule has 21 heavy (non-hydrogen) atoms. The van der Waals surface area contributed by atoms with E-state index in [1.807, 2.05) is 32.0 Å². The Hall–Kier alpha value is -0.950. The van der Waals surface area contributed by atoms with Crippen LogP contribution in [0, 0.1) is 6.92 Å². The van der Waals surface area contributed by atoms with E-state index in [1.54, 1.807) is 11.4 Å². The summed E-state index contributed by atoms with van der Waals surface area (Å²) in [6.07, 6.45) is 0. The molecule has 0 bridgehead atoms. The Morgan fingerprint density at radius 1 is 1.33 bits per heavy atom. The first-order chi connectivity index (χ1) is 9.98. The van der Waals surface area contributed by atoms with Gasteiger partial charge in [-0.15, -0.1) is 22.9 Å². The van der Waals surface area contributed by atoms with Crippen molar-refractivity contribution in [1.29, 1.82) is 0 Å². The number of aryl methyl sites for hydroxylation is 1. The van der Waals surface area contributed by atoms with Crippen LogP contribution in [0.15, 0.2) is 34.5 Å². The molecule has 0 atom stereocenters. The second kappa shape index (κ2) is 6.87. The molecule has 0 saturated heterocycles. The smallest absolute Gasteiger partial charge is 0.244 e. The first-order valence-corrected chi connectivity index (χ1v) is 9.39. The van der Waals surface area contributed by atoms with Crippen molar-refractivity contribution in [3.8, 4) is 0 Å². The van der Waals surface area contributed by atoms with Crippen LogP contribution in [0.2, 0.25) is 0 Å². The van der Waals surface area contributed by atoms with E-state index in [1.165, 1.54) is 15.6 Å². The molecule has 2 heterocycles. The Morgan fingerprint density at radius 2 is 2.10 bits per heavy atom. The van der Waals surface area contributed by atoms with E-state index in [0.717, 1.165) is 11.4 Å². The molecule has 2 aromatic rings. The molecule has 0 amide bonds. The number of hydrogen-bond acceptors (Lipinski definition) is 4. The number of pyridine rings is 1. The maximum Gasteiger partial charge on any atom is 0.244 e. The summed E-state index contributed by atoms with van der Waals surface area (Å²) in [5.74, 6) is 0.201.